The number of aromatic nitrogens is 4. The van der Waals surface area contributed by atoms with Crippen molar-refractivity contribution in [2.24, 2.45) is 0 Å². The molecule has 0 aliphatic rings. The number of H-pyrrole nitrogens is 2. The van der Waals surface area contributed by atoms with Gasteiger partial charge in [-0.05, 0) is 0 Å². The standard InChI is InChI=1S/C13H18N6O2.C4H6O4/c20-12(16-3-1-10-6-14-8-18-10)5-13(21)17-4-2-11-7-15-9-19-11;5-3(6)1-2-4(7)8/h6-9H,1-5H2,(H,14,18)(H,15,19)(H,16,20)(H,17,21);1-2H2,(H,5,6)(H,7,8). The Morgan fingerprint density at radius 1 is 0.793 bits per heavy atom. The molecule has 158 valence electrons. The number of aromatic amines is 2. The van der Waals surface area contributed by atoms with E-state index in [1.165, 1.54) is 0 Å². The Labute approximate surface area is 166 Å². The Kier molecular flexibility index (Phi) is 10.8. The van der Waals surface area contributed by atoms with Crippen molar-refractivity contribution in [2.45, 2.75) is 32.1 Å². The first kappa shape index (κ1) is 23.3. The van der Waals surface area contributed by atoms with Crippen molar-refractivity contribution in [3.05, 3.63) is 36.4 Å². The van der Waals surface area contributed by atoms with Crippen LogP contribution >= 0.6 is 0 Å². The van der Waals surface area contributed by atoms with Crippen LogP contribution in [0.25, 0.3) is 0 Å². The third-order valence-electron chi connectivity index (χ3n) is 3.42. The minimum absolute atomic E-state index is 0.161. The average molecular weight is 408 g/mol. The number of nitrogens with one attached hydrogen (secondary N) is 4. The Bertz CT molecular complexity index is 695. The molecule has 2 amide bonds. The molecule has 12 nitrogen and oxygen atoms in total. The second-order valence-electron chi connectivity index (χ2n) is 5.82. The average Bonchev–Trinajstić information content (AvgIpc) is 3.34. The number of rotatable bonds is 11. The van der Waals surface area contributed by atoms with Gasteiger partial charge in [0.25, 0.3) is 0 Å². The van der Waals surface area contributed by atoms with Crippen molar-refractivity contribution >= 4 is 23.8 Å². The molecule has 2 aromatic heterocycles. The van der Waals surface area contributed by atoms with Crippen molar-refractivity contribution in [3.8, 4) is 0 Å². The third-order valence-corrected chi connectivity index (χ3v) is 3.42. The second-order valence-corrected chi connectivity index (χ2v) is 5.82. The Morgan fingerprint density at radius 3 is 1.52 bits per heavy atom. The number of amides is 2. The number of nitrogens with zero attached hydrogens (tertiary/aromatic N) is 2. The normalized spacial score (nSPS) is 9.79. The van der Waals surface area contributed by atoms with Gasteiger partial charge in [0.15, 0.2) is 0 Å². The van der Waals surface area contributed by atoms with Gasteiger partial charge in [-0.15, -0.1) is 0 Å². The number of carbonyl (C=O) groups is 4. The van der Waals surface area contributed by atoms with E-state index in [0.717, 1.165) is 11.4 Å². The first-order valence-corrected chi connectivity index (χ1v) is 8.78. The van der Waals surface area contributed by atoms with E-state index in [1.807, 2.05) is 0 Å². The molecule has 0 bridgehead atoms. The predicted molar refractivity (Wildman–Crippen MR) is 99.7 cm³/mol. The van der Waals surface area contributed by atoms with Crippen LogP contribution in [0.2, 0.25) is 0 Å². The van der Waals surface area contributed by atoms with E-state index in [0.29, 0.717) is 25.9 Å². The fraction of sp³-hybridized carbons (Fsp3) is 0.412. The lowest BCUT2D eigenvalue weighted by Crippen LogP contribution is -2.33. The SMILES string of the molecule is O=C(CC(=O)NCCc1cnc[nH]1)NCCc1cnc[nH]1.O=C(O)CCC(=O)O. The van der Waals surface area contributed by atoms with Crippen LogP contribution in [0, 0.1) is 0 Å². The molecule has 0 radical (unpaired) electrons. The highest BCUT2D eigenvalue weighted by Crippen LogP contribution is 1.92. The molecule has 6 N–H and O–H groups in total. The van der Waals surface area contributed by atoms with Crippen LogP contribution < -0.4 is 10.6 Å². The molecular formula is C17H24N6O6. The maximum atomic E-state index is 11.6. The molecular weight excluding hydrogens is 384 g/mol. The maximum absolute atomic E-state index is 11.6. The molecule has 2 aromatic rings. The van der Waals surface area contributed by atoms with Crippen molar-refractivity contribution in [1.82, 2.24) is 30.6 Å². The van der Waals surface area contributed by atoms with Crippen molar-refractivity contribution in [1.29, 1.82) is 0 Å². The Morgan fingerprint density at radius 2 is 1.21 bits per heavy atom. The minimum atomic E-state index is -1.08. The van der Waals surface area contributed by atoms with E-state index >= 15 is 0 Å². The molecule has 0 aliphatic heterocycles. The summed E-state index contributed by atoms with van der Waals surface area (Å²) in [5.41, 5.74) is 1.89. The number of carboxylic acid groups (broad SMARTS) is 2. The molecule has 2 rings (SSSR count). The van der Waals surface area contributed by atoms with E-state index in [2.05, 4.69) is 30.6 Å². The molecule has 0 saturated heterocycles. The van der Waals surface area contributed by atoms with Gasteiger partial charge >= 0.3 is 11.9 Å². The van der Waals surface area contributed by atoms with Gasteiger partial charge in [-0.3, -0.25) is 19.2 Å². The van der Waals surface area contributed by atoms with Crippen LogP contribution in [0.5, 0.6) is 0 Å². The van der Waals surface area contributed by atoms with Gasteiger partial charge in [-0.25, -0.2) is 9.97 Å². The van der Waals surface area contributed by atoms with E-state index in [1.54, 1.807) is 25.0 Å². The van der Waals surface area contributed by atoms with Crippen LogP contribution in [0.3, 0.4) is 0 Å². The Balaban J connectivity index is 0.000000447. The third kappa shape index (κ3) is 12.3. The minimum Gasteiger partial charge on any atom is -0.481 e. The smallest absolute Gasteiger partial charge is 0.303 e. The van der Waals surface area contributed by atoms with E-state index < -0.39 is 11.9 Å². The monoisotopic (exact) mass is 408 g/mol. The summed E-state index contributed by atoms with van der Waals surface area (Å²) in [5, 5.41) is 21.2. The summed E-state index contributed by atoms with van der Waals surface area (Å²) in [7, 11) is 0. The highest BCUT2D eigenvalue weighted by molar-refractivity contribution is 5.96. The van der Waals surface area contributed by atoms with E-state index in [4.69, 9.17) is 10.2 Å². The van der Waals surface area contributed by atoms with Crippen molar-refractivity contribution < 1.29 is 29.4 Å². The molecule has 0 saturated carbocycles. The van der Waals surface area contributed by atoms with Gasteiger partial charge in [0, 0.05) is 49.7 Å². The summed E-state index contributed by atoms with van der Waals surface area (Å²) < 4.78 is 0. The van der Waals surface area contributed by atoms with Gasteiger partial charge in [0.2, 0.25) is 11.8 Å². The number of carbonyl (C=O) groups excluding carboxylic acids is 2. The molecule has 2 heterocycles. The fourth-order valence-electron chi connectivity index (χ4n) is 2.00. The summed E-state index contributed by atoms with van der Waals surface area (Å²) >= 11 is 0. The van der Waals surface area contributed by atoms with Gasteiger partial charge < -0.3 is 30.8 Å². The molecule has 29 heavy (non-hydrogen) atoms. The number of carboxylic acids is 2. The van der Waals surface area contributed by atoms with Gasteiger partial charge in [-0.2, -0.15) is 0 Å². The van der Waals surface area contributed by atoms with Crippen LogP contribution in [0.4, 0.5) is 0 Å². The first-order valence-electron chi connectivity index (χ1n) is 8.78. The lowest BCUT2D eigenvalue weighted by molar-refractivity contribution is -0.143. The number of hydrogen-bond donors (Lipinski definition) is 6. The highest BCUT2D eigenvalue weighted by Gasteiger charge is 2.08. The highest BCUT2D eigenvalue weighted by atomic mass is 16.4. The summed E-state index contributed by atoms with van der Waals surface area (Å²) in [5.74, 6) is -2.72. The topological polar surface area (TPSA) is 190 Å². The second kappa shape index (κ2) is 13.5. The van der Waals surface area contributed by atoms with Crippen molar-refractivity contribution in [2.75, 3.05) is 13.1 Å². The first-order chi connectivity index (χ1) is 13.9. The van der Waals surface area contributed by atoms with Gasteiger partial charge in [-0.1, -0.05) is 0 Å². The summed E-state index contributed by atoms with van der Waals surface area (Å²) in [6.45, 7) is 0.949. The zero-order valence-electron chi connectivity index (χ0n) is 15.7. The molecule has 0 aliphatic carbocycles. The van der Waals surface area contributed by atoms with Crippen molar-refractivity contribution in [3.63, 3.8) is 0 Å². The van der Waals surface area contributed by atoms with Gasteiger partial charge in [0.1, 0.15) is 6.42 Å². The zero-order valence-corrected chi connectivity index (χ0v) is 15.7. The molecule has 0 unspecified atom stereocenters. The quantitative estimate of drug-likeness (QED) is 0.267. The van der Waals surface area contributed by atoms with E-state index in [-0.39, 0.29) is 31.1 Å². The largest absolute Gasteiger partial charge is 0.481 e. The number of aliphatic carboxylic acids is 2. The summed E-state index contributed by atoms with van der Waals surface area (Å²) in [6.07, 6.45) is 7.15. The molecule has 0 spiro atoms. The summed E-state index contributed by atoms with van der Waals surface area (Å²) in [4.78, 5) is 56.1. The van der Waals surface area contributed by atoms with Crippen LogP contribution in [-0.2, 0) is 32.0 Å². The molecule has 0 aromatic carbocycles. The Hall–Kier alpha value is -3.70. The number of hydrogen-bond acceptors (Lipinski definition) is 6. The molecule has 0 atom stereocenters. The fourth-order valence-corrected chi connectivity index (χ4v) is 2.00. The molecule has 12 heteroatoms. The zero-order chi connectivity index (χ0) is 21.5. The number of imidazole rings is 2. The van der Waals surface area contributed by atoms with Crippen LogP contribution in [0.1, 0.15) is 30.7 Å². The van der Waals surface area contributed by atoms with Crippen LogP contribution in [0.15, 0.2) is 25.0 Å². The lowest BCUT2D eigenvalue weighted by atomic mass is 10.3. The maximum Gasteiger partial charge on any atom is 0.303 e. The summed E-state index contributed by atoms with van der Waals surface area (Å²) in [6, 6.07) is 0. The van der Waals surface area contributed by atoms with Crippen LogP contribution in [-0.4, -0.2) is 67.0 Å². The molecule has 0 fully saturated rings. The lowest BCUT2D eigenvalue weighted by Gasteiger charge is -2.05. The predicted octanol–water partition coefficient (Wildman–Crippen LogP) is -0.524. The van der Waals surface area contributed by atoms with E-state index in [9.17, 15) is 19.2 Å². The van der Waals surface area contributed by atoms with Gasteiger partial charge in [0.05, 0.1) is 25.5 Å².